The van der Waals surface area contributed by atoms with Gasteiger partial charge in [0.25, 0.3) is 0 Å². The van der Waals surface area contributed by atoms with Crippen LogP contribution in [-0.2, 0) is 6.54 Å². The molecule has 0 N–H and O–H groups in total. The molecule has 0 fully saturated rings. The predicted octanol–water partition coefficient (Wildman–Crippen LogP) is 2.78. The van der Waals surface area contributed by atoms with Crippen LogP contribution in [0.4, 0.5) is 0 Å². The minimum absolute atomic E-state index is 1.03. The molecule has 0 aliphatic carbocycles. The van der Waals surface area contributed by atoms with Crippen LogP contribution in [0.1, 0.15) is 11.1 Å². The predicted molar refractivity (Wildman–Crippen MR) is 60.4 cm³/mol. The Morgan fingerprint density at radius 1 is 1.31 bits per heavy atom. The van der Waals surface area contributed by atoms with Crippen molar-refractivity contribution in [2.24, 2.45) is 0 Å². The Hall–Kier alpha value is -0.470. The zero-order chi connectivity index (χ0) is 9.84. The second kappa shape index (κ2) is 4.68. The van der Waals surface area contributed by atoms with Crippen LogP contribution < -0.4 is 0 Å². The van der Waals surface area contributed by atoms with Crippen molar-refractivity contribution >= 4 is 11.8 Å². The van der Waals surface area contributed by atoms with E-state index in [1.807, 2.05) is 11.8 Å². The van der Waals surface area contributed by atoms with Gasteiger partial charge in [-0.3, -0.25) is 0 Å². The molecule has 0 amide bonds. The molecule has 0 aliphatic rings. The Bertz CT molecular complexity index is 281. The molecule has 1 aromatic rings. The first kappa shape index (κ1) is 10.6. The SMILES string of the molecule is CSc1ccc(C)cc1CN(C)C. The van der Waals surface area contributed by atoms with Gasteiger partial charge in [0.15, 0.2) is 0 Å². The van der Waals surface area contributed by atoms with E-state index in [0.29, 0.717) is 0 Å². The molecule has 0 spiro atoms. The lowest BCUT2D eigenvalue weighted by molar-refractivity contribution is 0.399. The molecule has 1 aromatic carbocycles. The highest BCUT2D eigenvalue weighted by Gasteiger charge is 2.02. The Labute approximate surface area is 85.1 Å². The zero-order valence-electron chi connectivity index (χ0n) is 8.79. The molecule has 0 aromatic heterocycles. The third-order valence-corrected chi connectivity index (χ3v) is 2.76. The van der Waals surface area contributed by atoms with Crippen molar-refractivity contribution in [3.8, 4) is 0 Å². The van der Waals surface area contributed by atoms with E-state index in [2.05, 4.69) is 50.4 Å². The van der Waals surface area contributed by atoms with Crippen LogP contribution >= 0.6 is 11.8 Å². The van der Waals surface area contributed by atoms with Crippen molar-refractivity contribution in [1.82, 2.24) is 4.90 Å². The van der Waals surface area contributed by atoms with Gasteiger partial charge in [-0.2, -0.15) is 0 Å². The maximum Gasteiger partial charge on any atom is 0.0238 e. The molecule has 72 valence electrons. The Morgan fingerprint density at radius 3 is 2.54 bits per heavy atom. The summed E-state index contributed by atoms with van der Waals surface area (Å²) in [6, 6.07) is 6.65. The molecule has 1 rings (SSSR count). The monoisotopic (exact) mass is 195 g/mol. The summed E-state index contributed by atoms with van der Waals surface area (Å²) in [5.41, 5.74) is 2.77. The zero-order valence-corrected chi connectivity index (χ0v) is 9.61. The summed E-state index contributed by atoms with van der Waals surface area (Å²) in [5, 5.41) is 0. The van der Waals surface area contributed by atoms with Crippen molar-refractivity contribution in [2.75, 3.05) is 20.4 Å². The van der Waals surface area contributed by atoms with Crippen LogP contribution in [0.5, 0.6) is 0 Å². The van der Waals surface area contributed by atoms with Crippen LogP contribution in [0.3, 0.4) is 0 Å². The maximum absolute atomic E-state index is 2.27. The van der Waals surface area contributed by atoms with Gasteiger partial charge in [0.05, 0.1) is 0 Å². The molecular weight excluding hydrogens is 178 g/mol. The van der Waals surface area contributed by atoms with Crippen LogP contribution in [0, 0.1) is 6.92 Å². The molecule has 0 saturated heterocycles. The maximum atomic E-state index is 2.27. The largest absolute Gasteiger partial charge is 0.305 e. The van der Waals surface area contributed by atoms with E-state index in [1.165, 1.54) is 16.0 Å². The second-order valence-corrected chi connectivity index (χ2v) is 4.40. The molecule has 0 heterocycles. The van der Waals surface area contributed by atoms with E-state index in [4.69, 9.17) is 0 Å². The van der Waals surface area contributed by atoms with Gasteiger partial charge in [-0.1, -0.05) is 17.7 Å². The molecule has 0 aliphatic heterocycles. The summed E-state index contributed by atoms with van der Waals surface area (Å²) in [7, 11) is 4.21. The molecular formula is C11H17NS. The quantitative estimate of drug-likeness (QED) is 0.682. The van der Waals surface area contributed by atoms with Gasteiger partial charge in [-0.15, -0.1) is 11.8 Å². The number of hydrogen-bond acceptors (Lipinski definition) is 2. The summed E-state index contributed by atoms with van der Waals surface area (Å²) in [6.07, 6.45) is 2.13. The topological polar surface area (TPSA) is 3.24 Å². The van der Waals surface area contributed by atoms with Gasteiger partial charge in [-0.05, 0) is 38.9 Å². The lowest BCUT2D eigenvalue weighted by atomic mass is 10.1. The van der Waals surface area contributed by atoms with Crippen molar-refractivity contribution in [3.63, 3.8) is 0 Å². The van der Waals surface area contributed by atoms with Gasteiger partial charge in [-0.25, -0.2) is 0 Å². The van der Waals surface area contributed by atoms with Crippen LogP contribution in [0.15, 0.2) is 23.1 Å². The number of aryl methyl sites for hydroxylation is 1. The van der Waals surface area contributed by atoms with E-state index in [1.54, 1.807) is 0 Å². The van der Waals surface area contributed by atoms with Crippen LogP contribution in [0.2, 0.25) is 0 Å². The number of hydrogen-bond donors (Lipinski definition) is 0. The lowest BCUT2D eigenvalue weighted by Crippen LogP contribution is -2.11. The first-order valence-electron chi connectivity index (χ1n) is 4.41. The van der Waals surface area contributed by atoms with Crippen molar-refractivity contribution in [2.45, 2.75) is 18.4 Å². The van der Waals surface area contributed by atoms with Gasteiger partial charge < -0.3 is 4.90 Å². The molecule has 13 heavy (non-hydrogen) atoms. The summed E-state index contributed by atoms with van der Waals surface area (Å²) < 4.78 is 0. The normalized spacial score (nSPS) is 10.8. The number of nitrogens with zero attached hydrogens (tertiary/aromatic N) is 1. The van der Waals surface area contributed by atoms with Crippen molar-refractivity contribution in [3.05, 3.63) is 29.3 Å². The molecule has 0 saturated carbocycles. The second-order valence-electron chi connectivity index (χ2n) is 3.55. The van der Waals surface area contributed by atoms with Crippen molar-refractivity contribution < 1.29 is 0 Å². The van der Waals surface area contributed by atoms with E-state index in [9.17, 15) is 0 Å². The third kappa shape index (κ3) is 3.05. The van der Waals surface area contributed by atoms with Gasteiger partial charge >= 0.3 is 0 Å². The van der Waals surface area contributed by atoms with Crippen LogP contribution in [-0.4, -0.2) is 25.3 Å². The van der Waals surface area contributed by atoms with E-state index in [-0.39, 0.29) is 0 Å². The molecule has 0 radical (unpaired) electrons. The first-order valence-corrected chi connectivity index (χ1v) is 5.64. The average molecular weight is 195 g/mol. The number of thioether (sulfide) groups is 1. The highest BCUT2D eigenvalue weighted by molar-refractivity contribution is 7.98. The first-order chi connectivity index (χ1) is 6.13. The van der Waals surface area contributed by atoms with Gasteiger partial charge in [0, 0.05) is 11.4 Å². The number of rotatable bonds is 3. The van der Waals surface area contributed by atoms with Gasteiger partial charge in [0.1, 0.15) is 0 Å². The minimum Gasteiger partial charge on any atom is -0.305 e. The van der Waals surface area contributed by atoms with E-state index in [0.717, 1.165) is 6.54 Å². The fourth-order valence-electron chi connectivity index (χ4n) is 1.37. The minimum atomic E-state index is 1.03. The standard InChI is InChI=1S/C11H17NS/c1-9-5-6-11(13-4)10(7-9)8-12(2)3/h5-7H,8H2,1-4H3. The fourth-order valence-corrected chi connectivity index (χ4v) is 1.96. The van der Waals surface area contributed by atoms with Crippen molar-refractivity contribution in [1.29, 1.82) is 0 Å². The smallest absolute Gasteiger partial charge is 0.0238 e. The highest BCUT2D eigenvalue weighted by Crippen LogP contribution is 2.22. The van der Waals surface area contributed by atoms with Crippen LogP contribution in [0.25, 0.3) is 0 Å². The Balaban J connectivity index is 2.94. The molecule has 0 bridgehead atoms. The summed E-state index contributed by atoms with van der Waals surface area (Å²) >= 11 is 1.82. The molecule has 0 atom stereocenters. The molecule has 0 unspecified atom stereocenters. The number of benzene rings is 1. The molecule has 1 nitrogen and oxygen atoms in total. The Kier molecular flexibility index (Phi) is 3.82. The van der Waals surface area contributed by atoms with E-state index >= 15 is 0 Å². The lowest BCUT2D eigenvalue weighted by Gasteiger charge is -2.13. The third-order valence-electron chi connectivity index (χ3n) is 1.92. The fraction of sp³-hybridized carbons (Fsp3) is 0.455. The van der Waals surface area contributed by atoms with Gasteiger partial charge in [0.2, 0.25) is 0 Å². The summed E-state index contributed by atoms with van der Waals surface area (Å²) in [4.78, 5) is 3.59. The summed E-state index contributed by atoms with van der Waals surface area (Å²) in [6.45, 7) is 3.17. The van der Waals surface area contributed by atoms with E-state index < -0.39 is 0 Å². The molecule has 2 heteroatoms. The summed E-state index contributed by atoms with van der Waals surface area (Å²) in [5.74, 6) is 0. The average Bonchev–Trinajstić information content (AvgIpc) is 2.03. The Morgan fingerprint density at radius 2 is 2.00 bits per heavy atom. The highest BCUT2D eigenvalue weighted by atomic mass is 32.2.